The van der Waals surface area contributed by atoms with Gasteiger partial charge in [0.15, 0.2) is 0 Å². The molecule has 4 aliphatic heterocycles. The summed E-state index contributed by atoms with van der Waals surface area (Å²) >= 11 is 0. The summed E-state index contributed by atoms with van der Waals surface area (Å²) in [5.41, 5.74) is 0. The second-order valence-electron chi connectivity index (χ2n) is 11.8. The predicted molar refractivity (Wildman–Crippen MR) is 129 cm³/mol. The average Bonchev–Trinajstić information content (AvgIpc) is 3.63. The summed E-state index contributed by atoms with van der Waals surface area (Å²) in [4.78, 5) is 43.1. The standard InChI is InChI=1S/C9H12O2.C8H12O2.C6H10O2.C5H8O2/c1-4-5-2-6-7(3-5)9(10)11-8(4)6;1-5-2-3-6-4-7(5)10-8(6)9;1-5-3-2-4-8-6(5)7;1-4-2-3-7-5(4)6/h4-8H,2-3H2,1H3;5-7H,2-4H2,1H3;5H,2-4H2,1H3;4H,2-3H2,1H3. The van der Waals surface area contributed by atoms with Crippen molar-refractivity contribution < 1.29 is 38.1 Å². The van der Waals surface area contributed by atoms with E-state index in [-0.39, 0.29) is 47.7 Å². The molecule has 0 aromatic rings. The summed E-state index contributed by atoms with van der Waals surface area (Å²) < 4.78 is 19.8. The number of carbonyl (C=O) groups excluding carboxylic acids is 4. The number of rotatable bonds is 0. The Morgan fingerprint density at radius 3 is 1.86 bits per heavy atom. The molecule has 4 heterocycles. The number of ether oxygens (including phenoxy) is 4. The molecule has 7 rings (SSSR count). The first kappa shape index (κ1) is 26.9. The first-order valence-electron chi connectivity index (χ1n) is 13.9. The molecule has 10 atom stereocenters. The number of fused-ring (bicyclic) bond motifs is 3. The van der Waals surface area contributed by atoms with Gasteiger partial charge in [-0.15, -0.1) is 0 Å². The predicted octanol–water partition coefficient (Wildman–Crippen LogP) is 4.08. The molecule has 36 heavy (non-hydrogen) atoms. The molecule has 4 saturated heterocycles. The average molecular weight is 507 g/mol. The highest BCUT2D eigenvalue weighted by molar-refractivity contribution is 5.76. The monoisotopic (exact) mass is 506 g/mol. The van der Waals surface area contributed by atoms with Gasteiger partial charge in [-0.25, -0.2) is 0 Å². The Kier molecular flexibility index (Phi) is 8.61. The van der Waals surface area contributed by atoms with Crippen molar-refractivity contribution in [2.75, 3.05) is 13.2 Å². The molecule has 202 valence electrons. The van der Waals surface area contributed by atoms with E-state index in [4.69, 9.17) is 14.2 Å². The molecule has 0 radical (unpaired) electrons. The van der Waals surface area contributed by atoms with Gasteiger partial charge in [0.2, 0.25) is 0 Å². The van der Waals surface area contributed by atoms with Gasteiger partial charge >= 0.3 is 23.9 Å². The van der Waals surface area contributed by atoms with E-state index in [0.29, 0.717) is 43.0 Å². The Balaban J connectivity index is 0.000000115. The van der Waals surface area contributed by atoms with Crippen LogP contribution in [-0.4, -0.2) is 49.3 Å². The third-order valence-electron chi connectivity index (χ3n) is 9.24. The van der Waals surface area contributed by atoms with Crippen LogP contribution in [0.3, 0.4) is 0 Å². The fourth-order valence-corrected chi connectivity index (χ4v) is 6.57. The van der Waals surface area contributed by atoms with Crippen molar-refractivity contribution in [3.8, 4) is 0 Å². The summed E-state index contributed by atoms with van der Waals surface area (Å²) in [5.74, 6) is 3.54. The maximum Gasteiger partial charge on any atom is 0.309 e. The van der Waals surface area contributed by atoms with E-state index in [2.05, 4.69) is 18.6 Å². The van der Waals surface area contributed by atoms with Crippen LogP contribution in [0.5, 0.6) is 0 Å². The second kappa shape index (κ2) is 11.5. The van der Waals surface area contributed by atoms with E-state index in [1.165, 1.54) is 12.8 Å². The maximum absolute atomic E-state index is 11.2. The SMILES string of the molecule is CC1C2CC3C(=O)OC1C3C2.CC1CCC2CC1OC2=O.CC1CCCOC1=O.CC1CCOC1=O. The summed E-state index contributed by atoms with van der Waals surface area (Å²) in [6.45, 7) is 9.43. The molecule has 3 saturated carbocycles. The summed E-state index contributed by atoms with van der Waals surface area (Å²) in [5, 5.41) is 0. The number of cyclic esters (lactones) is 2. The van der Waals surface area contributed by atoms with Crippen molar-refractivity contribution in [2.24, 2.45) is 47.3 Å². The zero-order chi connectivity index (χ0) is 26.0. The molecule has 0 aromatic heterocycles. The molecule has 0 aromatic carbocycles. The lowest BCUT2D eigenvalue weighted by Crippen LogP contribution is -2.24. The lowest BCUT2D eigenvalue weighted by atomic mass is 9.83. The molecular formula is C28H42O8. The molecule has 8 heteroatoms. The Morgan fingerprint density at radius 2 is 1.36 bits per heavy atom. The van der Waals surface area contributed by atoms with Crippen LogP contribution in [0.2, 0.25) is 0 Å². The number of hydrogen-bond acceptors (Lipinski definition) is 8. The van der Waals surface area contributed by atoms with Gasteiger partial charge in [-0.3, -0.25) is 19.2 Å². The van der Waals surface area contributed by atoms with Gasteiger partial charge in [-0.2, -0.15) is 0 Å². The van der Waals surface area contributed by atoms with Crippen LogP contribution >= 0.6 is 0 Å². The minimum atomic E-state index is -0.0417. The Morgan fingerprint density at radius 1 is 0.667 bits per heavy atom. The fraction of sp³-hybridized carbons (Fsp3) is 0.857. The zero-order valence-corrected chi connectivity index (χ0v) is 22.1. The number of carbonyl (C=O) groups is 4. The number of esters is 4. The lowest BCUT2D eigenvalue weighted by molar-refractivity contribution is -0.152. The summed E-state index contributed by atoms with van der Waals surface area (Å²) in [6, 6.07) is 0. The van der Waals surface area contributed by atoms with Crippen molar-refractivity contribution in [1.82, 2.24) is 0 Å². The van der Waals surface area contributed by atoms with Gasteiger partial charge in [0, 0.05) is 5.92 Å². The lowest BCUT2D eigenvalue weighted by Gasteiger charge is -2.21. The van der Waals surface area contributed by atoms with Gasteiger partial charge in [-0.05, 0) is 69.1 Å². The van der Waals surface area contributed by atoms with E-state index in [1.54, 1.807) is 0 Å². The van der Waals surface area contributed by atoms with Crippen molar-refractivity contribution in [2.45, 2.75) is 91.3 Å². The van der Waals surface area contributed by atoms with Gasteiger partial charge in [0.25, 0.3) is 0 Å². The number of hydrogen-bond donors (Lipinski definition) is 0. The molecule has 8 nitrogen and oxygen atoms in total. The van der Waals surface area contributed by atoms with E-state index in [0.717, 1.165) is 44.4 Å². The molecule has 0 N–H and O–H groups in total. The zero-order valence-electron chi connectivity index (χ0n) is 22.1. The summed E-state index contributed by atoms with van der Waals surface area (Å²) in [7, 11) is 0. The molecule has 7 fully saturated rings. The normalized spacial score (nSPS) is 43.0. The van der Waals surface area contributed by atoms with Gasteiger partial charge in [-0.1, -0.05) is 27.7 Å². The molecule has 10 unspecified atom stereocenters. The van der Waals surface area contributed by atoms with Crippen LogP contribution in [0, 0.1) is 47.3 Å². The highest BCUT2D eigenvalue weighted by Crippen LogP contribution is 2.57. The highest BCUT2D eigenvalue weighted by atomic mass is 16.6. The Hall–Kier alpha value is -2.12. The van der Waals surface area contributed by atoms with Crippen LogP contribution < -0.4 is 0 Å². The third kappa shape index (κ3) is 5.88. The minimum absolute atomic E-state index is 0.0312. The Labute approximate surface area is 214 Å². The quantitative estimate of drug-likeness (QED) is 0.357. The van der Waals surface area contributed by atoms with Gasteiger partial charge in [0.1, 0.15) is 12.2 Å². The largest absolute Gasteiger partial charge is 0.465 e. The van der Waals surface area contributed by atoms with E-state index in [1.807, 2.05) is 13.8 Å². The van der Waals surface area contributed by atoms with Crippen LogP contribution in [0.4, 0.5) is 0 Å². The first-order valence-corrected chi connectivity index (χ1v) is 13.9. The molecule has 0 spiro atoms. The van der Waals surface area contributed by atoms with Crippen LogP contribution in [0.25, 0.3) is 0 Å². The van der Waals surface area contributed by atoms with Crippen molar-refractivity contribution in [3.05, 3.63) is 0 Å². The smallest absolute Gasteiger partial charge is 0.309 e. The van der Waals surface area contributed by atoms with Crippen LogP contribution in [-0.2, 0) is 38.1 Å². The molecular weight excluding hydrogens is 464 g/mol. The van der Waals surface area contributed by atoms with E-state index >= 15 is 0 Å². The minimum Gasteiger partial charge on any atom is -0.465 e. The topological polar surface area (TPSA) is 105 Å². The molecule has 4 bridgehead atoms. The third-order valence-corrected chi connectivity index (χ3v) is 9.24. The maximum atomic E-state index is 11.2. The van der Waals surface area contributed by atoms with Crippen LogP contribution in [0.15, 0.2) is 0 Å². The van der Waals surface area contributed by atoms with E-state index < -0.39 is 0 Å². The van der Waals surface area contributed by atoms with Crippen molar-refractivity contribution in [3.63, 3.8) is 0 Å². The van der Waals surface area contributed by atoms with E-state index in [9.17, 15) is 19.2 Å². The van der Waals surface area contributed by atoms with Crippen molar-refractivity contribution >= 4 is 23.9 Å². The Bertz CT molecular complexity index is 839. The fourth-order valence-electron chi connectivity index (χ4n) is 6.57. The second-order valence-corrected chi connectivity index (χ2v) is 11.8. The van der Waals surface area contributed by atoms with Crippen LogP contribution in [0.1, 0.15) is 79.1 Å². The molecule has 0 amide bonds. The van der Waals surface area contributed by atoms with Gasteiger partial charge < -0.3 is 18.9 Å². The molecule has 3 aliphatic carbocycles. The van der Waals surface area contributed by atoms with Crippen molar-refractivity contribution in [1.29, 1.82) is 0 Å². The highest BCUT2D eigenvalue weighted by Gasteiger charge is 2.60. The van der Waals surface area contributed by atoms with Gasteiger partial charge in [0.05, 0.1) is 36.9 Å². The molecule has 7 aliphatic rings. The first-order chi connectivity index (χ1) is 17.2. The summed E-state index contributed by atoms with van der Waals surface area (Å²) in [6.07, 6.45) is 9.06.